The first-order chi connectivity index (χ1) is 8.56. The van der Waals surface area contributed by atoms with Crippen LogP contribution in [0, 0.1) is 5.92 Å². The largest absolute Gasteiger partial charge is 0.396 e. The van der Waals surface area contributed by atoms with Gasteiger partial charge in [0.1, 0.15) is 0 Å². The van der Waals surface area contributed by atoms with Crippen LogP contribution in [-0.4, -0.2) is 54.1 Å². The lowest BCUT2D eigenvalue weighted by molar-refractivity contribution is -0.136. The summed E-state index contributed by atoms with van der Waals surface area (Å²) in [6.07, 6.45) is 1.95. The predicted molar refractivity (Wildman–Crippen MR) is 67.7 cm³/mol. The zero-order valence-electron chi connectivity index (χ0n) is 10.9. The summed E-state index contributed by atoms with van der Waals surface area (Å²) in [4.78, 5) is 25.1. The number of aliphatic hydroxyl groups excluding tert-OH is 1. The minimum atomic E-state index is -0.472. The maximum absolute atomic E-state index is 11.8. The van der Waals surface area contributed by atoms with Crippen LogP contribution in [0.25, 0.3) is 0 Å². The van der Waals surface area contributed by atoms with Crippen molar-refractivity contribution >= 4 is 11.8 Å². The van der Waals surface area contributed by atoms with Crippen LogP contribution in [0.1, 0.15) is 26.2 Å². The molecule has 1 fully saturated rings. The Morgan fingerprint density at radius 1 is 1.44 bits per heavy atom. The number of nitrogens with zero attached hydrogens (tertiary/aromatic N) is 1. The number of carbonyl (C=O) groups is 2. The van der Waals surface area contributed by atoms with Gasteiger partial charge in [-0.15, -0.1) is 0 Å². The summed E-state index contributed by atoms with van der Waals surface area (Å²) in [6.45, 7) is 3.46. The maximum atomic E-state index is 11.8. The molecular formula is C12H23N3O3. The molecule has 2 amide bonds. The molecule has 0 spiro atoms. The molecule has 6 heteroatoms. The van der Waals surface area contributed by atoms with Gasteiger partial charge in [-0.05, 0) is 26.2 Å². The first-order valence-corrected chi connectivity index (χ1v) is 6.49. The average molecular weight is 257 g/mol. The Balaban J connectivity index is 2.30. The molecule has 0 unspecified atom stereocenters. The zero-order valence-corrected chi connectivity index (χ0v) is 10.9. The van der Waals surface area contributed by atoms with E-state index in [0.717, 1.165) is 0 Å². The number of piperidine rings is 1. The molecule has 6 nitrogen and oxygen atoms in total. The molecule has 1 aliphatic rings. The van der Waals surface area contributed by atoms with Crippen LogP contribution >= 0.6 is 0 Å². The summed E-state index contributed by atoms with van der Waals surface area (Å²) in [5.74, 6) is -0.0497. The van der Waals surface area contributed by atoms with Gasteiger partial charge in [-0.2, -0.15) is 0 Å². The molecule has 0 saturated carbocycles. The first kappa shape index (κ1) is 14.9. The van der Waals surface area contributed by atoms with E-state index in [1.54, 1.807) is 11.8 Å². The van der Waals surface area contributed by atoms with Crippen molar-refractivity contribution in [3.05, 3.63) is 0 Å². The number of rotatable bonds is 5. The van der Waals surface area contributed by atoms with Crippen molar-refractivity contribution in [1.82, 2.24) is 10.2 Å². The molecule has 0 aromatic carbocycles. The number of hydrogen-bond donors (Lipinski definition) is 3. The van der Waals surface area contributed by atoms with Crippen LogP contribution in [0.4, 0.5) is 0 Å². The first-order valence-electron chi connectivity index (χ1n) is 6.49. The van der Waals surface area contributed by atoms with Gasteiger partial charge in [-0.1, -0.05) is 0 Å². The molecule has 18 heavy (non-hydrogen) atoms. The summed E-state index contributed by atoms with van der Waals surface area (Å²) in [5.41, 5.74) is 5.55. The van der Waals surface area contributed by atoms with Gasteiger partial charge < -0.3 is 21.1 Å². The van der Waals surface area contributed by atoms with E-state index in [9.17, 15) is 9.59 Å². The third-order valence-electron chi connectivity index (χ3n) is 3.20. The molecule has 1 heterocycles. The maximum Gasteiger partial charge on any atom is 0.239 e. The van der Waals surface area contributed by atoms with Gasteiger partial charge in [0.15, 0.2) is 0 Å². The smallest absolute Gasteiger partial charge is 0.239 e. The van der Waals surface area contributed by atoms with Gasteiger partial charge in [-0.3, -0.25) is 9.59 Å². The van der Waals surface area contributed by atoms with Gasteiger partial charge in [0.2, 0.25) is 11.8 Å². The summed E-state index contributed by atoms with van der Waals surface area (Å²) in [6, 6.07) is -0.472. The van der Waals surface area contributed by atoms with Crippen LogP contribution < -0.4 is 11.1 Å². The monoisotopic (exact) mass is 257 g/mol. The SMILES string of the molecule is C[C@@H](N)C(=O)N1CCC(C(=O)NCCCO)CC1. The van der Waals surface area contributed by atoms with Gasteiger partial charge in [-0.25, -0.2) is 0 Å². The van der Waals surface area contributed by atoms with Crippen molar-refractivity contribution in [2.45, 2.75) is 32.2 Å². The molecular weight excluding hydrogens is 234 g/mol. The molecule has 4 N–H and O–H groups in total. The van der Waals surface area contributed by atoms with Crippen molar-refractivity contribution < 1.29 is 14.7 Å². The van der Waals surface area contributed by atoms with E-state index < -0.39 is 6.04 Å². The summed E-state index contributed by atoms with van der Waals surface area (Å²) < 4.78 is 0. The highest BCUT2D eigenvalue weighted by Crippen LogP contribution is 2.17. The Labute approximate surface area is 108 Å². The number of likely N-dealkylation sites (tertiary alicyclic amines) is 1. The molecule has 1 saturated heterocycles. The second-order valence-electron chi connectivity index (χ2n) is 4.76. The third-order valence-corrected chi connectivity index (χ3v) is 3.20. The highest BCUT2D eigenvalue weighted by molar-refractivity contribution is 5.82. The molecule has 0 bridgehead atoms. The second-order valence-corrected chi connectivity index (χ2v) is 4.76. The Hall–Kier alpha value is -1.14. The van der Waals surface area contributed by atoms with Gasteiger partial charge >= 0.3 is 0 Å². The van der Waals surface area contributed by atoms with E-state index in [1.165, 1.54) is 0 Å². The molecule has 0 aromatic rings. The van der Waals surface area contributed by atoms with Crippen LogP contribution in [0.2, 0.25) is 0 Å². The number of nitrogens with two attached hydrogens (primary N) is 1. The Kier molecular flexibility index (Phi) is 6.07. The van der Waals surface area contributed by atoms with Crippen LogP contribution in [0.5, 0.6) is 0 Å². The molecule has 1 atom stereocenters. The molecule has 104 valence electrons. The lowest BCUT2D eigenvalue weighted by Crippen LogP contribution is -2.48. The number of carbonyl (C=O) groups excluding carboxylic acids is 2. The lowest BCUT2D eigenvalue weighted by Gasteiger charge is -2.32. The summed E-state index contributed by atoms with van der Waals surface area (Å²) in [5, 5.41) is 11.4. The highest BCUT2D eigenvalue weighted by Gasteiger charge is 2.27. The van der Waals surface area contributed by atoms with Crippen LogP contribution in [0.3, 0.4) is 0 Å². The molecule has 1 aliphatic heterocycles. The Morgan fingerprint density at radius 3 is 2.56 bits per heavy atom. The third kappa shape index (κ3) is 4.27. The summed E-state index contributed by atoms with van der Waals surface area (Å²) in [7, 11) is 0. The lowest BCUT2D eigenvalue weighted by atomic mass is 9.95. The Morgan fingerprint density at radius 2 is 2.06 bits per heavy atom. The molecule has 0 radical (unpaired) electrons. The normalized spacial score (nSPS) is 18.5. The van der Waals surface area contributed by atoms with E-state index in [2.05, 4.69) is 5.32 Å². The number of aliphatic hydroxyl groups is 1. The predicted octanol–water partition coefficient (Wildman–Crippen LogP) is -0.929. The molecule has 1 rings (SSSR count). The number of nitrogens with one attached hydrogen (secondary N) is 1. The summed E-state index contributed by atoms with van der Waals surface area (Å²) >= 11 is 0. The van der Waals surface area contributed by atoms with E-state index >= 15 is 0 Å². The van der Waals surface area contributed by atoms with E-state index in [-0.39, 0.29) is 24.3 Å². The molecule has 0 aliphatic carbocycles. The second kappa shape index (κ2) is 7.33. The van der Waals surface area contributed by atoms with E-state index in [0.29, 0.717) is 38.9 Å². The average Bonchev–Trinajstić information content (AvgIpc) is 2.38. The fourth-order valence-corrected chi connectivity index (χ4v) is 2.09. The van der Waals surface area contributed by atoms with Crippen molar-refractivity contribution in [2.75, 3.05) is 26.2 Å². The highest BCUT2D eigenvalue weighted by atomic mass is 16.3. The van der Waals surface area contributed by atoms with E-state index in [1.807, 2.05) is 0 Å². The minimum absolute atomic E-state index is 0.0244. The number of amides is 2. The fraction of sp³-hybridized carbons (Fsp3) is 0.833. The topological polar surface area (TPSA) is 95.7 Å². The van der Waals surface area contributed by atoms with Crippen molar-refractivity contribution in [1.29, 1.82) is 0 Å². The van der Waals surface area contributed by atoms with Gasteiger partial charge in [0.05, 0.1) is 6.04 Å². The number of hydrogen-bond acceptors (Lipinski definition) is 4. The van der Waals surface area contributed by atoms with E-state index in [4.69, 9.17) is 10.8 Å². The van der Waals surface area contributed by atoms with Crippen molar-refractivity contribution in [2.24, 2.45) is 11.7 Å². The Bertz CT molecular complexity index is 286. The molecule has 0 aromatic heterocycles. The minimum Gasteiger partial charge on any atom is -0.396 e. The standard InChI is InChI=1S/C12H23N3O3/c1-9(13)12(18)15-6-3-10(4-7-15)11(17)14-5-2-8-16/h9-10,16H,2-8,13H2,1H3,(H,14,17)/t9-/m1/s1. The van der Waals surface area contributed by atoms with Gasteiger partial charge in [0, 0.05) is 32.2 Å². The van der Waals surface area contributed by atoms with Crippen LogP contribution in [-0.2, 0) is 9.59 Å². The zero-order chi connectivity index (χ0) is 13.5. The van der Waals surface area contributed by atoms with Crippen molar-refractivity contribution in [3.8, 4) is 0 Å². The van der Waals surface area contributed by atoms with Gasteiger partial charge in [0.25, 0.3) is 0 Å². The fourth-order valence-electron chi connectivity index (χ4n) is 2.09. The van der Waals surface area contributed by atoms with Crippen molar-refractivity contribution in [3.63, 3.8) is 0 Å². The van der Waals surface area contributed by atoms with Crippen LogP contribution in [0.15, 0.2) is 0 Å². The quantitative estimate of drug-likeness (QED) is 0.555.